The van der Waals surface area contributed by atoms with Crippen LogP contribution in [0.5, 0.6) is 17.2 Å². The standard InChI is InChI=1S/C19H22FNO4/c1-21(12-14-24-16-9-7-15(20)8-10-16)19(22)11-13-25-18-6-4-3-5-17(18)23-2/h3-10H,11-14H2,1-2H3. The average molecular weight is 347 g/mol. The van der Waals surface area contributed by atoms with Crippen LogP contribution in [-0.2, 0) is 4.79 Å². The lowest BCUT2D eigenvalue weighted by Gasteiger charge is -2.18. The molecule has 0 saturated heterocycles. The number of nitrogens with zero attached hydrogens (tertiary/aromatic N) is 1. The quantitative estimate of drug-likeness (QED) is 0.699. The highest BCUT2D eigenvalue weighted by molar-refractivity contribution is 5.76. The van der Waals surface area contributed by atoms with Crippen molar-refractivity contribution in [2.45, 2.75) is 6.42 Å². The predicted molar refractivity (Wildman–Crippen MR) is 92.6 cm³/mol. The molecule has 2 rings (SSSR count). The molecular formula is C19H22FNO4. The lowest BCUT2D eigenvalue weighted by molar-refractivity contribution is -0.130. The largest absolute Gasteiger partial charge is 0.493 e. The van der Waals surface area contributed by atoms with E-state index < -0.39 is 0 Å². The molecule has 0 bridgehead atoms. The van der Waals surface area contributed by atoms with E-state index in [0.717, 1.165) is 0 Å². The monoisotopic (exact) mass is 347 g/mol. The molecule has 0 radical (unpaired) electrons. The first-order valence-corrected chi connectivity index (χ1v) is 7.98. The molecule has 0 aliphatic heterocycles. The second-order valence-electron chi connectivity index (χ2n) is 5.37. The molecule has 0 saturated carbocycles. The van der Waals surface area contributed by atoms with Gasteiger partial charge in [-0.1, -0.05) is 12.1 Å². The molecule has 0 fully saturated rings. The summed E-state index contributed by atoms with van der Waals surface area (Å²) in [6.45, 7) is 1.04. The summed E-state index contributed by atoms with van der Waals surface area (Å²) in [4.78, 5) is 13.7. The van der Waals surface area contributed by atoms with Crippen molar-refractivity contribution >= 4 is 5.91 Å². The number of methoxy groups -OCH3 is 1. The summed E-state index contributed by atoms with van der Waals surface area (Å²) in [6.07, 6.45) is 0.255. The topological polar surface area (TPSA) is 48.0 Å². The van der Waals surface area contributed by atoms with Crippen LogP contribution in [0.1, 0.15) is 6.42 Å². The number of rotatable bonds is 9. The van der Waals surface area contributed by atoms with Gasteiger partial charge in [-0.3, -0.25) is 4.79 Å². The molecule has 1 amide bonds. The van der Waals surface area contributed by atoms with Gasteiger partial charge in [-0.05, 0) is 36.4 Å². The van der Waals surface area contributed by atoms with Gasteiger partial charge in [-0.25, -0.2) is 4.39 Å². The minimum Gasteiger partial charge on any atom is -0.493 e. The molecule has 0 aliphatic carbocycles. The number of amides is 1. The van der Waals surface area contributed by atoms with E-state index in [0.29, 0.717) is 30.4 Å². The van der Waals surface area contributed by atoms with Crippen molar-refractivity contribution in [2.75, 3.05) is 33.9 Å². The van der Waals surface area contributed by atoms with Crippen LogP contribution in [-0.4, -0.2) is 44.7 Å². The second kappa shape index (κ2) is 9.52. The van der Waals surface area contributed by atoms with Crippen molar-refractivity contribution in [3.8, 4) is 17.2 Å². The van der Waals surface area contributed by atoms with Gasteiger partial charge in [-0.2, -0.15) is 0 Å². The van der Waals surface area contributed by atoms with E-state index in [1.807, 2.05) is 12.1 Å². The molecule has 0 aromatic heterocycles. The first-order valence-electron chi connectivity index (χ1n) is 7.98. The summed E-state index contributed by atoms with van der Waals surface area (Å²) < 4.78 is 29.1. The lowest BCUT2D eigenvalue weighted by Crippen LogP contribution is -2.31. The van der Waals surface area contributed by atoms with Crippen LogP contribution in [0.4, 0.5) is 4.39 Å². The Balaban J connectivity index is 1.68. The number of hydrogen-bond donors (Lipinski definition) is 0. The van der Waals surface area contributed by atoms with E-state index in [9.17, 15) is 9.18 Å². The fraction of sp³-hybridized carbons (Fsp3) is 0.316. The lowest BCUT2D eigenvalue weighted by atomic mass is 10.3. The van der Waals surface area contributed by atoms with Crippen LogP contribution in [0, 0.1) is 5.82 Å². The summed E-state index contributed by atoms with van der Waals surface area (Å²) in [7, 11) is 3.28. The van der Waals surface area contributed by atoms with E-state index in [2.05, 4.69) is 0 Å². The fourth-order valence-electron chi connectivity index (χ4n) is 2.13. The third kappa shape index (κ3) is 5.99. The summed E-state index contributed by atoms with van der Waals surface area (Å²) in [5, 5.41) is 0. The number of carbonyl (C=O) groups is 1. The fourth-order valence-corrected chi connectivity index (χ4v) is 2.13. The number of carbonyl (C=O) groups excluding carboxylic acids is 1. The van der Waals surface area contributed by atoms with Gasteiger partial charge in [0, 0.05) is 7.05 Å². The molecule has 2 aromatic rings. The zero-order valence-electron chi connectivity index (χ0n) is 14.4. The van der Waals surface area contributed by atoms with Gasteiger partial charge < -0.3 is 19.1 Å². The van der Waals surface area contributed by atoms with E-state index in [1.54, 1.807) is 43.3 Å². The Morgan fingerprint density at radius 1 is 1.00 bits per heavy atom. The molecule has 0 N–H and O–H groups in total. The first kappa shape index (κ1) is 18.6. The Morgan fingerprint density at radius 2 is 1.68 bits per heavy atom. The van der Waals surface area contributed by atoms with Crippen LogP contribution in [0.25, 0.3) is 0 Å². The highest BCUT2D eigenvalue weighted by Crippen LogP contribution is 2.25. The molecule has 0 atom stereocenters. The van der Waals surface area contributed by atoms with Crippen molar-refractivity contribution in [3.05, 3.63) is 54.3 Å². The van der Waals surface area contributed by atoms with E-state index in [4.69, 9.17) is 14.2 Å². The van der Waals surface area contributed by atoms with Gasteiger partial charge >= 0.3 is 0 Å². The van der Waals surface area contributed by atoms with Gasteiger partial charge in [0.15, 0.2) is 11.5 Å². The van der Waals surface area contributed by atoms with E-state index in [1.165, 1.54) is 12.1 Å². The molecule has 2 aromatic carbocycles. The van der Waals surface area contributed by atoms with Crippen LogP contribution >= 0.6 is 0 Å². The summed E-state index contributed by atoms with van der Waals surface area (Å²) in [6, 6.07) is 13.1. The van der Waals surface area contributed by atoms with Crippen molar-refractivity contribution in [2.24, 2.45) is 0 Å². The van der Waals surface area contributed by atoms with Crippen molar-refractivity contribution in [3.63, 3.8) is 0 Å². The van der Waals surface area contributed by atoms with Gasteiger partial charge in [-0.15, -0.1) is 0 Å². The van der Waals surface area contributed by atoms with Crippen molar-refractivity contribution < 1.29 is 23.4 Å². The maximum atomic E-state index is 12.8. The summed E-state index contributed by atoms with van der Waals surface area (Å²) in [5.74, 6) is 1.46. The number of hydrogen-bond acceptors (Lipinski definition) is 4. The molecule has 0 heterocycles. The SMILES string of the molecule is COc1ccccc1OCCC(=O)N(C)CCOc1ccc(F)cc1. The van der Waals surface area contributed by atoms with Crippen LogP contribution in [0.15, 0.2) is 48.5 Å². The van der Waals surface area contributed by atoms with Crippen LogP contribution < -0.4 is 14.2 Å². The van der Waals surface area contributed by atoms with Gasteiger partial charge in [0.1, 0.15) is 18.2 Å². The molecular weight excluding hydrogens is 325 g/mol. The third-order valence-electron chi connectivity index (χ3n) is 3.58. The maximum absolute atomic E-state index is 12.8. The van der Waals surface area contributed by atoms with Crippen LogP contribution in [0.3, 0.4) is 0 Å². The molecule has 6 heteroatoms. The Morgan fingerprint density at radius 3 is 2.36 bits per heavy atom. The van der Waals surface area contributed by atoms with Crippen molar-refractivity contribution in [1.29, 1.82) is 0 Å². The smallest absolute Gasteiger partial charge is 0.225 e. The Bertz CT molecular complexity index is 675. The molecule has 134 valence electrons. The first-order chi connectivity index (χ1) is 12.1. The highest BCUT2D eigenvalue weighted by Gasteiger charge is 2.10. The summed E-state index contributed by atoms with van der Waals surface area (Å²) in [5.41, 5.74) is 0. The van der Waals surface area contributed by atoms with Crippen molar-refractivity contribution in [1.82, 2.24) is 4.90 Å². The average Bonchev–Trinajstić information content (AvgIpc) is 2.63. The third-order valence-corrected chi connectivity index (χ3v) is 3.58. The second-order valence-corrected chi connectivity index (χ2v) is 5.37. The minimum absolute atomic E-state index is 0.0439. The molecule has 0 unspecified atom stereocenters. The van der Waals surface area contributed by atoms with Gasteiger partial charge in [0.2, 0.25) is 5.91 Å². The zero-order valence-corrected chi connectivity index (χ0v) is 14.4. The Hall–Kier alpha value is -2.76. The van der Waals surface area contributed by atoms with Crippen LogP contribution in [0.2, 0.25) is 0 Å². The molecule has 25 heavy (non-hydrogen) atoms. The Labute approximate surface area is 146 Å². The normalized spacial score (nSPS) is 10.2. The Kier molecular flexibility index (Phi) is 7.07. The number of para-hydroxylation sites is 2. The molecule has 0 aliphatic rings. The van der Waals surface area contributed by atoms with Gasteiger partial charge in [0.25, 0.3) is 0 Å². The maximum Gasteiger partial charge on any atom is 0.225 e. The summed E-state index contributed by atoms with van der Waals surface area (Å²) >= 11 is 0. The van der Waals surface area contributed by atoms with Gasteiger partial charge in [0.05, 0.1) is 26.7 Å². The minimum atomic E-state index is -0.310. The molecule has 5 nitrogen and oxygen atoms in total. The molecule has 0 spiro atoms. The van der Waals surface area contributed by atoms with E-state index in [-0.39, 0.29) is 24.8 Å². The number of halogens is 1. The number of benzene rings is 2. The van der Waals surface area contributed by atoms with E-state index >= 15 is 0 Å². The number of ether oxygens (including phenoxy) is 3. The zero-order chi connectivity index (χ0) is 18.1. The predicted octanol–water partition coefficient (Wildman–Crippen LogP) is 3.14. The number of likely N-dealkylation sites (N-methyl/N-ethyl adjacent to an activating group) is 1. The highest BCUT2D eigenvalue weighted by atomic mass is 19.1.